The first kappa shape index (κ1) is 16.3. The average molecular weight is 296 g/mol. The number of esters is 1. The number of carbonyl (C=O) groups is 2. The monoisotopic (exact) mass is 296 g/mol. The van der Waals surface area contributed by atoms with Crippen molar-refractivity contribution < 1.29 is 14.3 Å². The molecule has 2 aliphatic rings. The van der Waals surface area contributed by atoms with Crippen LogP contribution in [0.15, 0.2) is 0 Å². The molecular weight excluding hydrogens is 268 g/mol. The Labute approximate surface area is 127 Å². The van der Waals surface area contributed by atoms with E-state index in [0.717, 1.165) is 11.8 Å². The minimum absolute atomic E-state index is 0.0534. The summed E-state index contributed by atoms with van der Waals surface area (Å²) in [5.41, 5.74) is 0. The van der Waals surface area contributed by atoms with Gasteiger partial charge in [0.15, 0.2) is 0 Å². The predicted octanol–water partition coefficient (Wildman–Crippen LogP) is 1.42. The van der Waals surface area contributed by atoms with E-state index in [1.807, 2.05) is 11.9 Å². The number of amides is 1. The molecule has 1 N–H and O–H groups in total. The minimum Gasteiger partial charge on any atom is -0.469 e. The molecule has 21 heavy (non-hydrogen) atoms. The first-order chi connectivity index (χ1) is 9.99. The van der Waals surface area contributed by atoms with E-state index < -0.39 is 0 Å². The molecule has 0 aromatic carbocycles. The number of methoxy groups -OCH3 is 1. The van der Waals surface area contributed by atoms with Crippen LogP contribution in [-0.4, -0.2) is 50.1 Å². The van der Waals surface area contributed by atoms with Gasteiger partial charge in [-0.3, -0.25) is 14.5 Å². The summed E-state index contributed by atoms with van der Waals surface area (Å²) >= 11 is 0. The molecular formula is C16H28N2O3. The molecule has 2 fully saturated rings. The summed E-state index contributed by atoms with van der Waals surface area (Å²) in [5, 5.41) is 3.14. The molecule has 2 bridgehead atoms. The SMILES string of the molecule is COC(=O)CCN(C)CC(=O)NC(C)C1CC2CCC1C2. The van der Waals surface area contributed by atoms with Crippen LogP contribution >= 0.6 is 0 Å². The predicted molar refractivity (Wildman–Crippen MR) is 80.7 cm³/mol. The third-order valence-electron chi connectivity index (χ3n) is 5.16. The van der Waals surface area contributed by atoms with Gasteiger partial charge in [-0.25, -0.2) is 0 Å². The van der Waals surface area contributed by atoms with Crippen LogP contribution in [0.2, 0.25) is 0 Å². The van der Waals surface area contributed by atoms with Gasteiger partial charge < -0.3 is 10.1 Å². The number of hydrogen-bond donors (Lipinski definition) is 1. The van der Waals surface area contributed by atoms with Crippen molar-refractivity contribution in [2.75, 3.05) is 27.2 Å². The molecule has 0 spiro atoms. The number of ether oxygens (including phenoxy) is 1. The zero-order valence-corrected chi connectivity index (χ0v) is 13.4. The third-order valence-corrected chi connectivity index (χ3v) is 5.16. The Kier molecular flexibility index (Phi) is 5.62. The van der Waals surface area contributed by atoms with Gasteiger partial charge in [0, 0.05) is 12.6 Å². The van der Waals surface area contributed by atoms with Gasteiger partial charge in [-0.1, -0.05) is 6.42 Å². The van der Waals surface area contributed by atoms with Crippen LogP contribution in [-0.2, 0) is 14.3 Å². The molecule has 120 valence electrons. The van der Waals surface area contributed by atoms with E-state index in [1.54, 1.807) is 0 Å². The van der Waals surface area contributed by atoms with Crippen LogP contribution in [0.25, 0.3) is 0 Å². The molecule has 2 rings (SSSR count). The number of fused-ring (bicyclic) bond motifs is 2. The number of nitrogens with one attached hydrogen (secondary N) is 1. The number of carbonyl (C=O) groups excluding carboxylic acids is 2. The molecule has 0 radical (unpaired) electrons. The minimum atomic E-state index is -0.238. The van der Waals surface area contributed by atoms with Crippen molar-refractivity contribution in [3.63, 3.8) is 0 Å². The second-order valence-electron chi connectivity index (χ2n) is 6.76. The molecule has 5 nitrogen and oxygen atoms in total. The highest BCUT2D eigenvalue weighted by Gasteiger charge is 2.42. The number of hydrogen-bond acceptors (Lipinski definition) is 4. The number of rotatable bonds is 7. The van der Waals surface area contributed by atoms with Gasteiger partial charge in [-0.15, -0.1) is 0 Å². The fraction of sp³-hybridized carbons (Fsp3) is 0.875. The molecule has 4 unspecified atom stereocenters. The summed E-state index contributed by atoms with van der Waals surface area (Å²) < 4.78 is 4.60. The molecule has 0 aliphatic heterocycles. The molecule has 2 saturated carbocycles. The fourth-order valence-corrected chi connectivity index (χ4v) is 4.02. The van der Waals surface area contributed by atoms with E-state index in [9.17, 15) is 9.59 Å². The lowest BCUT2D eigenvalue weighted by Gasteiger charge is -2.29. The van der Waals surface area contributed by atoms with E-state index in [4.69, 9.17) is 0 Å². The maximum absolute atomic E-state index is 12.1. The van der Waals surface area contributed by atoms with Gasteiger partial charge in [0.1, 0.15) is 0 Å². The summed E-state index contributed by atoms with van der Waals surface area (Å²) in [5.74, 6) is 2.20. The van der Waals surface area contributed by atoms with E-state index in [1.165, 1.54) is 32.8 Å². The molecule has 0 heterocycles. The smallest absolute Gasteiger partial charge is 0.306 e. The lowest BCUT2D eigenvalue weighted by atomic mass is 9.84. The zero-order valence-electron chi connectivity index (χ0n) is 13.4. The van der Waals surface area contributed by atoms with Crippen LogP contribution in [0.1, 0.15) is 39.0 Å². The van der Waals surface area contributed by atoms with Crippen LogP contribution in [0.3, 0.4) is 0 Å². The zero-order chi connectivity index (χ0) is 15.4. The normalized spacial score (nSPS) is 28.7. The fourth-order valence-electron chi connectivity index (χ4n) is 4.02. The molecule has 0 aromatic heterocycles. The van der Waals surface area contributed by atoms with Gasteiger partial charge in [-0.2, -0.15) is 0 Å². The Morgan fingerprint density at radius 1 is 1.33 bits per heavy atom. The van der Waals surface area contributed by atoms with Crippen LogP contribution in [0.4, 0.5) is 0 Å². The van der Waals surface area contributed by atoms with Gasteiger partial charge in [-0.05, 0) is 51.0 Å². The van der Waals surface area contributed by atoms with Crippen LogP contribution in [0, 0.1) is 17.8 Å². The average Bonchev–Trinajstić information content (AvgIpc) is 3.07. The topological polar surface area (TPSA) is 58.6 Å². The second kappa shape index (κ2) is 7.25. The second-order valence-corrected chi connectivity index (χ2v) is 6.76. The van der Waals surface area contributed by atoms with Crippen molar-refractivity contribution in [3.8, 4) is 0 Å². The maximum atomic E-state index is 12.1. The standard InChI is InChI=1S/C16H28N2O3/c1-11(14-9-12-4-5-13(14)8-12)17-15(19)10-18(2)7-6-16(20)21-3/h11-14H,4-10H2,1-3H3,(H,17,19). The van der Waals surface area contributed by atoms with E-state index in [2.05, 4.69) is 17.0 Å². The molecule has 5 heteroatoms. The first-order valence-electron chi connectivity index (χ1n) is 8.04. The van der Waals surface area contributed by atoms with Crippen molar-refractivity contribution >= 4 is 11.9 Å². The van der Waals surface area contributed by atoms with Crippen molar-refractivity contribution in [3.05, 3.63) is 0 Å². The maximum Gasteiger partial charge on any atom is 0.306 e. The quantitative estimate of drug-likeness (QED) is 0.722. The number of likely N-dealkylation sites (N-methyl/N-ethyl adjacent to an activating group) is 1. The van der Waals surface area contributed by atoms with Crippen LogP contribution in [0.5, 0.6) is 0 Å². The van der Waals surface area contributed by atoms with E-state index >= 15 is 0 Å². The van der Waals surface area contributed by atoms with Crippen molar-refractivity contribution in [2.45, 2.75) is 45.1 Å². The van der Waals surface area contributed by atoms with Gasteiger partial charge >= 0.3 is 5.97 Å². The van der Waals surface area contributed by atoms with Gasteiger partial charge in [0.25, 0.3) is 0 Å². The Balaban J connectivity index is 1.68. The summed E-state index contributed by atoms with van der Waals surface area (Å²) in [6.45, 7) is 3.02. The molecule has 1 amide bonds. The summed E-state index contributed by atoms with van der Waals surface area (Å²) in [7, 11) is 3.23. The Morgan fingerprint density at radius 3 is 2.67 bits per heavy atom. The highest BCUT2D eigenvalue weighted by molar-refractivity contribution is 5.78. The Hall–Kier alpha value is -1.10. The molecule has 2 aliphatic carbocycles. The molecule has 4 atom stereocenters. The van der Waals surface area contributed by atoms with Crippen molar-refractivity contribution in [1.29, 1.82) is 0 Å². The summed E-state index contributed by atoms with van der Waals surface area (Å²) in [4.78, 5) is 25.0. The Morgan fingerprint density at radius 2 is 2.10 bits per heavy atom. The molecule has 0 aromatic rings. The van der Waals surface area contributed by atoms with Crippen molar-refractivity contribution in [2.24, 2.45) is 17.8 Å². The third kappa shape index (κ3) is 4.43. The highest BCUT2D eigenvalue weighted by Crippen LogP contribution is 2.49. The lowest BCUT2D eigenvalue weighted by Crippen LogP contribution is -2.44. The first-order valence-corrected chi connectivity index (χ1v) is 8.04. The Bertz CT molecular complexity index is 386. The van der Waals surface area contributed by atoms with E-state index in [0.29, 0.717) is 25.4 Å². The lowest BCUT2D eigenvalue weighted by molar-refractivity contribution is -0.141. The van der Waals surface area contributed by atoms with E-state index in [-0.39, 0.29) is 17.9 Å². The van der Waals surface area contributed by atoms with Crippen LogP contribution < -0.4 is 5.32 Å². The van der Waals surface area contributed by atoms with Gasteiger partial charge in [0.2, 0.25) is 5.91 Å². The summed E-state index contributed by atoms with van der Waals surface area (Å²) in [6, 6.07) is 0.266. The summed E-state index contributed by atoms with van der Waals surface area (Å²) in [6.07, 6.45) is 5.70. The van der Waals surface area contributed by atoms with Gasteiger partial charge in [0.05, 0.1) is 20.1 Å². The largest absolute Gasteiger partial charge is 0.469 e. The highest BCUT2D eigenvalue weighted by atomic mass is 16.5. The van der Waals surface area contributed by atoms with Crippen molar-refractivity contribution in [1.82, 2.24) is 10.2 Å². The molecule has 0 saturated heterocycles. The number of nitrogens with zero attached hydrogens (tertiary/aromatic N) is 1.